The Labute approximate surface area is 101 Å². The van der Waals surface area contributed by atoms with Gasteiger partial charge in [-0.2, -0.15) is 27.9 Å². The second-order valence-corrected chi connectivity index (χ2v) is 4.52. The summed E-state index contributed by atoms with van der Waals surface area (Å²) in [7, 11) is 0. The largest absolute Gasteiger partial charge is 0.453 e. The molecular weight excluding hydrogens is 269 g/mol. The zero-order chi connectivity index (χ0) is 12.9. The molecule has 3 heterocycles. The highest BCUT2D eigenvalue weighted by atomic mass is 32.1. The average Bonchev–Trinajstić information content (AvgIpc) is 2.87. The summed E-state index contributed by atoms with van der Waals surface area (Å²) in [6.45, 7) is 1.79. The maximum atomic E-state index is 12.6. The third-order valence-electron chi connectivity index (χ3n) is 2.17. The van der Waals surface area contributed by atoms with E-state index in [4.69, 9.17) is 0 Å². The first kappa shape index (κ1) is 11.1. The predicted octanol–water partition coefficient (Wildman–Crippen LogP) is 1.90. The normalized spacial score (nSPS) is 12.4. The molecule has 0 spiro atoms. The van der Waals surface area contributed by atoms with Gasteiger partial charge in [0.15, 0.2) is 5.01 Å². The van der Waals surface area contributed by atoms with E-state index in [1.165, 1.54) is 0 Å². The Kier molecular flexibility index (Phi) is 2.17. The van der Waals surface area contributed by atoms with Gasteiger partial charge in [-0.3, -0.25) is 5.10 Å². The molecule has 10 heteroatoms. The number of aromatic nitrogens is 6. The molecule has 0 aliphatic heterocycles. The molecule has 0 aliphatic rings. The fourth-order valence-electron chi connectivity index (χ4n) is 1.42. The molecule has 0 bridgehead atoms. The first-order valence-corrected chi connectivity index (χ1v) is 5.58. The lowest BCUT2D eigenvalue weighted by Gasteiger charge is -1.99. The monoisotopic (exact) mass is 274 g/mol. The number of halogens is 3. The van der Waals surface area contributed by atoms with Crippen LogP contribution >= 0.6 is 11.3 Å². The number of aryl methyl sites for hydroxylation is 1. The number of H-pyrrole nitrogens is 1. The lowest BCUT2D eigenvalue weighted by molar-refractivity contribution is -0.146. The predicted molar refractivity (Wildman–Crippen MR) is 56.0 cm³/mol. The van der Waals surface area contributed by atoms with E-state index in [1.54, 1.807) is 13.0 Å². The Morgan fingerprint density at radius 2 is 2.11 bits per heavy atom. The molecule has 3 aromatic heterocycles. The Morgan fingerprint density at radius 3 is 2.72 bits per heavy atom. The molecule has 0 atom stereocenters. The van der Waals surface area contributed by atoms with Gasteiger partial charge in [0, 0.05) is 5.69 Å². The third-order valence-corrected chi connectivity index (χ3v) is 3.09. The summed E-state index contributed by atoms with van der Waals surface area (Å²) in [5.74, 6) is -1.13. The summed E-state index contributed by atoms with van der Waals surface area (Å²) in [6.07, 6.45) is -4.58. The Bertz CT molecular complexity index is 708. The molecule has 18 heavy (non-hydrogen) atoms. The van der Waals surface area contributed by atoms with Gasteiger partial charge in [0.25, 0.3) is 5.82 Å². The number of nitrogens with zero attached hydrogens (tertiary/aromatic N) is 5. The van der Waals surface area contributed by atoms with Crippen LogP contribution in [0.1, 0.15) is 11.5 Å². The summed E-state index contributed by atoms with van der Waals surface area (Å²) >= 11 is 0.996. The lowest BCUT2D eigenvalue weighted by Crippen LogP contribution is -2.11. The SMILES string of the molecule is Cc1cc(-c2nn3c(C(F)(F)F)nnc3s2)n[nH]1. The zero-order valence-corrected chi connectivity index (χ0v) is 9.67. The zero-order valence-electron chi connectivity index (χ0n) is 8.86. The van der Waals surface area contributed by atoms with E-state index < -0.39 is 12.0 Å². The molecular formula is C8H5F3N6S. The number of hydrogen-bond donors (Lipinski definition) is 1. The number of aromatic amines is 1. The Morgan fingerprint density at radius 1 is 1.33 bits per heavy atom. The maximum Gasteiger partial charge on any atom is 0.453 e. The van der Waals surface area contributed by atoms with Crippen LogP contribution in [0.3, 0.4) is 0 Å². The molecule has 0 aliphatic carbocycles. The molecule has 1 N–H and O–H groups in total. The van der Waals surface area contributed by atoms with E-state index >= 15 is 0 Å². The van der Waals surface area contributed by atoms with Crippen molar-refractivity contribution in [1.82, 2.24) is 30.0 Å². The van der Waals surface area contributed by atoms with Gasteiger partial charge in [-0.05, 0) is 13.0 Å². The van der Waals surface area contributed by atoms with E-state index in [0.717, 1.165) is 17.0 Å². The van der Waals surface area contributed by atoms with Gasteiger partial charge in [0.1, 0.15) is 5.69 Å². The second kappa shape index (κ2) is 3.51. The smallest absolute Gasteiger partial charge is 0.282 e. The van der Waals surface area contributed by atoms with Gasteiger partial charge in [-0.15, -0.1) is 10.2 Å². The summed E-state index contributed by atoms with van der Waals surface area (Å²) in [5.41, 5.74) is 1.28. The highest BCUT2D eigenvalue weighted by molar-refractivity contribution is 7.19. The summed E-state index contributed by atoms with van der Waals surface area (Å²) in [6, 6.07) is 1.69. The summed E-state index contributed by atoms with van der Waals surface area (Å²) < 4.78 is 38.4. The standard InChI is InChI=1S/C8H5F3N6S/c1-3-2-4(13-12-3)5-16-17-6(8(9,10)11)14-15-7(17)18-5/h2H,1H3,(H,12,13). The summed E-state index contributed by atoms with van der Waals surface area (Å²) in [5, 5.41) is 17.3. The van der Waals surface area contributed by atoms with Crippen molar-refractivity contribution in [3.8, 4) is 10.7 Å². The molecule has 6 nitrogen and oxygen atoms in total. The summed E-state index contributed by atoms with van der Waals surface area (Å²) in [4.78, 5) is 0.0815. The Balaban J connectivity index is 2.15. The quantitative estimate of drug-likeness (QED) is 0.735. The third kappa shape index (κ3) is 1.65. The number of nitrogens with one attached hydrogen (secondary N) is 1. The molecule has 3 rings (SSSR count). The molecule has 94 valence electrons. The van der Waals surface area contributed by atoms with Crippen LogP contribution in [0.25, 0.3) is 15.7 Å². The van der Waals surface area contributed by atoms with Gasteiger partial charge in [-0.1, -0.05) is 11.3 Å². The number of hydrogen-bond acceptors (Lipinski definition) is 5. The first-order valence-electron chi connectivity index (χ1n) is 4.77. The second-order valence-electron chi connectivity index (χ2n) is 3.56. The van der Waals surface area contributed by atoms with Crippen LogP contribution in [-0.2, 0) is 6.18 Å². The van der Waals surface area contributed by atoms with Crippen molar-refractivity contribution in [2.45, 2.75) is 13.1 Å². The van der Waals surface area contributed by atoms with Crippen molar-refractivity contribution in [2.24, 2.45) is 0 Å². The van der Waals surface area contributed by atoms with E-state index in [2.05, 4.69) is 25.5 Å². The average molecular weight is 274 g/mol. The van der Waals surface area contributed by atoms with Crippen molar-refractivity contribution in [2.75, 3.05) is 0 Å². The van der Waals surface area contributed by atoms with Gasteiger partial charge >= 0.3 is 6.18 Å². The molecule has 0 saturated heterocycles. The van der Waals surface area contributed by atoms with Crippen LogP contribution in [0, 0.1) is 6.92 Å². The van der Waals surface area contributed by atoms with Crippen LogP contribution < -0.4 is 0 Å². The molecule has 0 fully saturated rings. The highest BCUT2D eigenvalue weighted by Crippen LogP contribution is 2.31. The van der Waals surface area contributed by atoms with Gasteiger partial charge in [-0.25, -0.2) is 0 Å². The fourth-order valence-corrected chi connectivity index (χ4v) is 2.22. The molecule has 0 saturated carbocycles. The van der Waals surface area contributed by atoms with Crippen molar-refractivity contribution < 1.29 is 13.2 Å². The molecule has 0 radical (unpaired) electrons. The van der Waals surface area contributed by atoms with Crippen LogP contribution in [0.5, 0.6) is 0 Å². The minimum Gasteiger partial charge on any atom is -0.282 e. The number of fused-ring (bicyclic) bond motifs is 1. The van der Waals surface area contributed by atoms with Gasteiger partial charge < -0.3 is 0 Å². The van der Waals surface area contributed by atoms with Crippen LogP contribution in [0.2, 0.25) is 0 Å². The van der Waals surface area contributed by atoms with Crippen molar-refractivity contribution >= 4 is 16.3 Å². The fraction of sp³-hybridized carbons (Fsp3) is 0.250. The first-order chi connectivity index (χ1) is 8.45. The van der Waals surface area contributed by atoms with E-state index in [1.807, 2.05) is 0 Å². The van der Waals surface area contributed by atoms with Crippen LogP contribution in [0.4, 0.5) is 13.2 Å². The van der Waals surface area contributed by atoms with Crippen LogP contribution in [-0.4, -0.2) is 30.0 Å². The molecule has 0 aromatic carbocycles. The Hall–Kier alpha value is -1.97. The van der Waals surface area contributed by atoms with Crippen molar-refractivity contribution in [3.63, 3.8) is 0 Å². The molecule has 0 unspecified atom stereocenters. The van der Waals surface area contributed by atoms with Gasteiger partial charge in [0.05, 0.1) is 0 Å². The minimum atomic E-state index is -4.58. The maximum absolute atomic E-state index is 12.6. The van der Waals surface area contributed by atoms with Crippen molar-refractivity contribution in [3.05, 3.63) is 17.6 Å². The van der Waals surface area contributed by atoms with Gasteiger partial charge in [0.2, 0.25) is 4.96 Å². The number of rotatable bonds is 1. The lowest BCUT2D eigenvalue weighted by atomic mass is 10.4. The number of alkyl halides is 3. The van der Waals surface area contributed by atoms with E-state index in [0.29, 0.717) is 15.2 Å². The highest BCUT2D eigenvalue weighted by Gasteiger charge is 2.38. The molecule has 3 aromatic rings. The van der Waals surface area contributed by atoms with E-state index in [9.17, 15) is 13.2 Å². The van der Waals surface area contributed by atoms with E-state index in [-0.39, 0.29) is 4.96 Å². The topological polar surface area (TPSA) is 71.8 Å². The van der Waals surface area contributed by atoms with Crippen LogP contribution in [0.15, 0.2) is 6.07 Å². The molecule has 0 amide bonds. The van der Waals surface area contributed by atoms with Crippen molar-refractivity contribution in [1.29, 1.82) is 0 Å². The minimum absolute atomic E-state index is 0.0815.